The zero-order valence-electron chi connectivity index (χ0n) is 16.0. The number of alkyl halides is 1. The highest BCUT2D eigenvalue weighted by Gasteiger charge is 2.17. The number of halogens is 2. The summed E-state index contributed by atoms with van der Waals surface area (Å²) in [7, 11) is 4.84. The molecule has 0 aliphatic carbocycles. The lowest BCUT2D eigenvalue weighted by atomic mass is 9.84. The molecule has 2 aromatic rings. The van der Waals surface area contributed by atoms with E-state index < -0.39 is 0 Å². The molecule has 25 heavy (non-hydrogen) atoms. The van der Waals surface area contributed by atoms with E-state index in [2.05, 4.69) is 31.6 Å². The third kappa shape index (κ3) is 6.68. The molecule has 2 rings (SSSR count). The molecule has 0 amide bonds. The van der Waals surface area contributed by atoms with Crippen molar-refractivity contribution in [2.24, 2.45) is 5.41 Å². The van der Waals surface area contributed by atoms with Crippen molar-refractivity contribution < 1.29 is 13.9 Å². The van der Waals surface area contributed by atoms with Crippen LogP contribution in [-0.4, -0.2) is 21.3 Å². The van der Waals surface area contributed by atoms with Gasteiger partial charge in [-0.05, 0) is 46.7 Å². The summed E-state index contributed by atoms with van der Waals surface area (Å²) in [6, 6.07) is 10.8. The first-order valence-electron chi connectivity index (χ1n) is 8.17. The molecule has 0 fully saturated rings. The molecule has 0 atom stereocenters. The van der Waals surface area contributed by atoms with Crippen LogP contribution in [0.1, 0.15) is 31.9 Å². The molecule has 0 aliphatic heterocycles. The molecule has 0 saturated carbocycles. The van der Waals surface area contributed by atoms with E-state index in [1.165, 1.54) is 6.07 Å². The van der Waals surface area contributed by atoms with E-state index >= 15 is 0 Å². The maximum atomic E-state index is 14.3. The summed E-state index contributed by atoms with van der Waals surface area (Å²) >= 11 is 5.95. The van der Waals surface area contributed by atoms with Gasteiger partial charge in [0.1, 0.15) is 11.6 Å². The van der Waals surface area contributed by atoms with Crippen molar-refractivity contribution in [2.75, 3.05) is 21.3 Å². The van der Waals surface area contributed by atoms with Gasteiger partial charge in [-0.3, -0.25) is 0 Å². The zero-order valence-corrected chi connectivity index (χ0v) is 16.7. The summed E-state index contributed by atoms with van der Waals surface area (Å²) in [5.41, 5.74) is 3.74. The van der Waals surface area contributed by atoms with Crippen LogP contribution in [-0.2, 0) is 17.0 Å². The number of hydrogen-bond donors (Lipinski definition) is 0. The molecule has 2 aromatic carbocycles. The number of ether oxygens (including phenoxy) is 2. The highest BCUT2D eigenvalue weighted by molar-refractivity contribution is 6.17. The highest BCUT2D eigenvalue weighted by atomic mass is 35.5. The lowest BCUT2D eigenvalue weighted by molar-refractivity contribution is 0.277. The first kappa shape index (κ1) is 21.5. The Morgan fingerprint density at radius 3 is 2.12 bits per heavy atom. The van der Waals surface area contributed by atoms with Crippen molar-refractivity contribution in [3.8, 4) is 16.9 Å². The first-order valence-corrected chi connectivity index (χ1v) is 8.71. The molecule has 2 nitrogen and oxygen atoms in total. The molecule has 138 valence electrons. The fraction of sp³-hybridized carbons (Fsp3) is 0.429. The molecular formula is C21H28ClFO2. The lowest BCUT2D eigenvalue weighted by Gasteiger charge is -2.21. The summed E-state index contributed by atoms with van der Waals surface area (Å²) in [5.74, 6) is 0.868. The Balaban J connectivity index is 0.000000970. The van der Waals surface area contributed by atoms with Crippen molar-refractivity contribution in [3.05, 3.63) is 53.3 Å². The van der Waals surface area contributed by atoms with Crippen LogP contribution in [0.25, 0.3) is 11.1 Å². The Hall–Kier alpha value is -1.58. The van der Waals surface area contributed by atoms with Gasteiger partial charge < -0.3 is 9.47 Å². The normalized spacial score (nSPS) is 10.9. The second-order valence-electron chi connectivity index (χ2n) is 7.12. The van der Waals surface area contributed by atoms with Gasteiger partial charge in [0, 0.05) is 25.7 Å². The van der Waals surface area contributed by atoms with Crippen molar-refractivity contribution >= 4 is 11.6 Å². The van der Waals surface area contributed by atoms with E-state index in [1.807, 2.05) is 12.1 Å². The molecule has 0 unspecified atom stereocenters. The largest absolute Gasteiger partial charge is 0.497 e. The van der Waals surface area contributed by atoms with Crippen LogP contribution >= 0.6 is 11.6 Å². The average molecular weight is 367 g/mol. The van der Waals surface area contributed by atoms with E-state index in [4.69, 9.17) is 16.3 Å². The number of rotatable bonds is 4. The van der Waals surface area contributed by atoms with Crippen LogP contribution in [0.15, 0.2) is 36.4 Å². The lowest BCUT2D eigenvalue weighted by Crippen LogP contribution is -2.10. The third-order valence-electron chi connectivity index (χ3n) is 3.51. The molecule has 0 spiro atoms. The average Bonchev–Trinajstić information content (AvgIpc) is 2.55. The van der Waals surface area contributed by atoms with Crippen LogP contribution in [0.4, 0.5) is 4.39 Å². The van der Waals surface area contributed by atoms with Crippen LogP contribution in [0.5, 0.6) is 5.75 Å². The Morgan fingerprint density at radius 2 is 1.60 bits per heavy atom. The maximum absolute atomic E-state index is 14.3. The predicted octanol–water partition coefficient (Wildman–Crippen LogP) is 6.09. The molecule has 0 saturated heterocycles. The Labute approximate surface area is 155 Å². The quantitative estimate of drug-likeness (QED) is 0.609. The van der Waals surface area contributed by atoms with Gasteiger partial charge in [0.2, 0.25) is 0 Å². The van der Waals surface area contributed by atoms with Gasteiger partial charge in [-0.2, -0.15) is 0 Å². The predicted molar refractivity (Wildman–Crippen MR) is 104 cm³/mol. The monoisotopic (exact) mass is 366 g/mol. The van der Waals surface area contributed by atoms with Gasteiger partial charge in [0.05, 0.1) is 7.11 Å². The van der Waals surface area contributed by atoms with Crippen LogP contribution in [0, 0.1) is 11.2 Å². The fourth-order valence-electron chi connectivity index (χ4n) is 2.55. The van der Waals surface area contributed by atoms with Gasteiger partial charge in [-0.25, -0.2) is 4.39 Å². The molecule has 0 bridgehead atoms. The third-order valence-corrected chi connectivity index (χ3v) is 3.82. The van der Waals surface area contributed by atoms with E-state index in [-0.39, 0.29) is 11.2 Å². The van der Waals surface area contributed by atoms with Gasteiger partial charge in [-0.1, -0.05) is 39.0 Å². The summed E-state index contributed by atoms with van der Waals surface area (Å²) < 4.78 is 23.8. The highest BCUT2D eigenvalue weighted by Crippen LogP contribution is 2.34. The summed E-state index contributed by atoms with van der Waals surface area (Å²) in [5, 5.41) is 0. The molecule has 0 N–H and O–H groups in total. The Morgan fingerprint density at radius 1 is 0.960 bits per heavy atom. The maximum Gasteiger partial charge on any atom is 0.131 e. The van der Waals surface area contributed by atoms with E-state index in [0.29, 0.717) is 17.2 Å². The van der Waals surface area contributed by atoms with Crippen molar-refractivity contribution in [2.45, 2.75) is 33.1 Å². The number of methoxy groups -OCH3 is 2. The number of benzene rings is 2. The molecular weight excluding hydrogens is 339 g/mol. The van der Waals surface area contributed by atoms with Gasteiger partial charge in [0.15, 0.2) is 0 Å². The summed E-state index contributed by atoms with van der Waals surface area (Å²) in [4.78, 5) is 0. The Kier molecular flexibility index (Phi) is 8.40. The Bertz CT molecular complexity index is 678. The molecule has 0 radical (unpaired) electrons. The van der Waals surface area contributed by atoms with Gasteiger partial charge >= 0.3 is 0 Å². The minimum absolute atomic E-state index is 0.106. The minimum Gasteiger partial charge on any atom is -0.497 e. The topological polar surface area (TPSA) is 18.5 Å². The number of hydrogen-bond acceptors (Lipinski definition) is 2. The molecule has 0 aromatic heterocycles. The van der Waals surface area contributed by atoms with E-state index in [0.717, 1.165) is 23.1 Å². The molecule has 0 aliphatic rings. The van der Waals surface area contributed by atoms with E-state index in [9.17, 15) is 4.39 Å². The second-order valence-corrected chi connectivity index (χ2v) is 7.38. The summed E-state index contributed by atoms with van der Waals surface area (Å²) in [6.07, 6.45) is 0.851. The van der Waals surface area contributed by atoms with Crippen molar-refractivity contribution in [1.82, 2.24) is 0 Å². The second kappa shape index (κ2) is 9.79. The summed E-state index contributed by atoms with van der Waals surface area (Å²) in [6.45, 7) is 6.52. The van der Waals surface area contributed by atoms with Gasteiger partial charge in [-0.15, -0.1) is 11.6 Å². The standard InChI is InChI=1S/C19H22ClFO.C2H6O/c1-19(2,3)11-14-9-13(12-20)5-7-16(14)17-10-15(22-4)6-8-18(17)21;1-3-2/h5-10H,11-12H2,1-4H3;1-2H3. The van der Waals surface area contributed by atoms with Gasteiger partial charge in [0.25, 0.3) is 0 Å². The minimum atomic E-state index is -0.241. The van der Waals surface area contributed by atoms with Crippen LogP contribution < -0.4 is 4.74 Å². The zero-order chi connectivity index (χ0) is 19.0. The van der Waals surface area contributed by atoms with Crippen molar-refractivity contribution in [1.29, 1.82) is 0 Å². The van der Waals surface area contributed by atoms with Crippen LogP contribution in [0.3, 0.4) is 0 Å². The molecule has 4 heteroatoms. The fourth-order valence-corrected chi connectivity index (χ4v) is 2.71. The smallest absolute Gasteiger partial charge is 0.131 e. The van der Waals surface area contributed by atoms with E-state index in [1.54, 1.807) is 33.5 Å². The van der Waals surface area contributed by atoms with Crippen molar-refractivity contribution in [3.63, 3.8) is 0 Å². The SMILES string of the molecule is COC.COc1ccc(F)c(-c2ccc(CCl)cc2CC(C)(C)C)c1. The molecule has 0 heterocycles. The first-order chi connectivity index (χ1) is 11.8. The van der Waals surface area contributed by atoms with Crippen LogP contribution in [0.2, 0.25) is 0 Å².